The SMILES string of the molecule is Cc1ccc(-c2c(CN)c(CC(C)C)nc3ccc(CCCCCC(N)=O)cc23)cc1. The zero-order valence-electron chi connectivity index (χ0n) is 19.1. The fourth-order valence-corrected chi connectivity index (χ4v) is 4.19. The molecule has 2 aromatic carbocycles. The molecule has 0 radical (unpaired) electrons. The molecule has 1 heterocycles. The largest absolute Gasteiger partial charge is 0.370 e. The summed E-state index contributed by atoms with van der Waals surface area (Å²) in [6.07, 6.45) is 5.27. The van der Waals surface area contributed by atoms with Crippen molar-refractivity contribution in [2.24, 2.45) is 17.4 Å². The van der Waals surface area contributed by atoms with Gasteiger partial charge in [-0.1, -0.05) is 56.2 Å². The minimum atomic E-state index is -0.217. The van der Waals surface area contributed by atoms with Gasteiger partial charge in [0.15, 0.2) is 0 Å². The van der Waals surface area contributed by atoms with E-state index < -0.39 is 0 Å². The van der Waals surface area contributed by atoms with Gasteiger partial charge in [0.1, 0.15) is 0 Å². The van der Waals surface area contributed by atoms with E-state index in [0.29, 0.717) is 18.9 Å². The topological polar surface area (TPSA) is 82.0 Å². The molecule has 0 bridgehead atoms. The lowest BCUT2D eigenvalue weighted by atomic mass is 9.90. The van der Waals surface area contributed by atoms with Gasteiger partial charge in [0, 0.05) is 24.0 Å². The number of aromatic nitrogens is 1. The van der Waals surface area contributed by atoms with Crippen LogP contribution in [0.5, 0.6) is 0 Å². The molecule has 0 spiro atoms. The van der Waals surface area contributed by atoms with E-state index >= 15 is 0 Å². The number of nitrogens with zero attached hydrogens (tertiary/aromatic N) is 1. The zero-order valence-corrected chi connectivity index (χ0v) is 19.1. The number of aryl methyl sites for hydroxylation is 2. The van der Waals surface area contributed by atoms with Crippen molar-refractivity contribution >= 4 is 16.8 Å². The van der Waals surface area contributed by atoms with Gasteiger partial charge in [-0.05, 0) is 72.9 Å². The van der Waals surface area contributed by atoms with E-state index in [1.165, 1.54) is 27.6 Å². The van der Waals surface area contributed by atoms with E-state index in [4.69, 9.17) is 16.5 Å². The molecule has 3 aromatic rings. The number of benzene rings is 2. The molecule has 0 aliphatic rings. The van der Waals surface area contributed by atoms with Gasteiger partial charge in [0.05, 0.1) is 5.52 Å². The molecular weight excluding hydrogens is 382 g/mol. The van der Waals surface area contributed by atoms with Gasteiger partial charge in [-0.15, -0.1) is 0 Å². The molecule has 1 aromatic heterocycles. The molecule has 4 heteroatoms. The molecule has 0 fully saturated rings. The molecule has 1 amide bonds. The van der Waals surface area contributed by atoms with Crippen molar-refractivity contribution in [1.29, 1.82) is 0 Å². The van der Waals surface area contributed by atoms with E-state index in [0.717, 1.165) is 48.9 Å². The second-order valence-corrected chi connectivity index (χ2v) is 8.96. The molecule has 4 N–H and O–H groups in total. The highest BCUT2D eigenvalue weighted by atomic mass is 16.1. The molecule has 0 aliphatic carbocycles. The monoisotopic (exact) mass is 417 g/mol. The molecule has 3 rings (SSSR count). The number of primary amides is 1. The first-order valence-corrected chi connectivity index (χ1v) is 11.4. The predicted molar refractivity (Wildman–Crippen MR) is 130 cm³/mol. The van der Waals surface area contributed by atoms with Crippen LogP contribution in [0.15, 0.2) is 42.5 Å². The number of carbonyl (C=O) groups excluding carboxylic acids is 1. The molecule has 0 atom stereocenters. The molecule has 0 aliphatic heterocycles. The van der Waals surface area contributed by atoms with Crippen LogP contribution in [0.3, 0.4) is 0 Å². The first-order valence-electron chi connectivity index (χ1n) is 11.4. The maximum Gasteiger partial charge on any atom is 0.217 e. The number of fused-ring (bicyclic) bond motifs is 1. The normalized spacial score (nSPS) is 11.4. The van der Waals surface area contributed by atoms with Crippen molar-refractivity contribution < 1.29 is 4.79 Å². The van der Waals surface area contributed by atoms with E-state index in [2.05, 4.69) is 63.2 Å². The number of nitrogens with two attached hydrogens (primary N) is 2. The Morgan fingerprint density at radius 1 is 1.03 bits per heavy atom. The fraction of sp³-hybridized carbons (Fsp3) is 0.407. The average Bonchev–Trinajstić information content (AvgIpc) is 2.72. The number of hydrogen-bond donors (Lipinski definition) is 2. The van der Waals surface area contributed by atoms with Gasteiger partial charge in [-0.3, -0.25) is 9.78 Å². The number of pyridine rings is 1. The van der Waals surface area contributed by atoms with Gasteiger partial charge < -0.3 is 11.5 Å². The van der Waals surface area contributed by atoms with E-state index in [1.807, 2.05) is 0 Å². The van der Waals surface area contributed by atoms with Crippen LogP contribution in [-0.4, -0.2) is 10.9 Å². The van der Waals surface area contributed by atoms with Gasteiger partial charge in [-0.25, -0.2) is 0 Å². The van der Waals surface area contributed by atoms with Crippen molar-refractivity contribution in [2.75, 3.05) is 0 Å². The predicted octanol–water partition coefficient (Wildman–Crippen LogP) is 5.46. The molecule has 0 unspecified atom stereocenters. The second-order valence-electron chi connectivity index (χ2n) is 8.96. The van der Waals surface area contributed by atoms with Gasteiger partial charge in [0.2, 0.25) is 5.91 Å². The third-order valence-electron chi connectivity index (χ3n) is 5.77. The highest BCUT2D eigenvalue weighted by molar-refractivity contribution is 5.97. The lowest BCUT2D eigenvalue weighted by Crippen LogP contribution is -2.10. The second kappa shape index (κ2) is 10.5. The Labute approximate surface area is 186 Å². The maximum absolute atomic E-state index is 10.9. The van der Waals surface area contributed by atoms with Gasteiger partial charge >= 0.3 is 0 Å². The highest BCUT2D eigenvalue weighted by Crippen LogP contribution is 2.35. The Morgan fingerprint density at radius 3 is 2.42 bits per heavy atom. The van der Waals surface area contributed by atoms with E-state index in [9.17, 15) is 4.79 Å². The summed E-state index contributed by atoms with van der Waals surface area (Å²) in [6.45, 7) is 7.03. The molecule has 164 valence electrons. The van der Waals surface area contributed by atoms with Crippen LogP contribution in [0, 0.1) is 12.8 Å². The van der Waals surface area contributed by atoms with Crippen LogP contribution in [-0.2, 0) is 24.2 Å². The minimum Gasteiger partial charge on any atom is -0.370 e. The Bertz CT molecular complexity index is 1040. The fourth-order valence-electron chi connectivity index (χ4n) is 4.19. The molecular formula is C27H35N3O. The van der Waals surface area contributed by atoms with Crippen molar-refractivity contribution in [3.8, 4) is 11.1 Å². The lowest BCUT2D eigenvalue weighted by molar-refractivity contribution is -0.118. The first-order chi connectivity index (χ1) is 14.9. The van der Waals surface area contributed by atoms with Gasteiger partial charge in [0.25, 0.3) is 0 Å². The van der Waals surface area contributed by atoms with Crippen LogP contribution in [0.25, 0.3) is 22.0 Å². The average molecular weight is 418 g/mol. The minimum absolute atomic E-state index is 0.217. The van der Waals surface area contributed by atoms with Crippen LogP contribution in [0.4, 0.5) is 0 Å². The van der Waals surface area contributed by atoms with Crippen molar-refractivity contribution in [3.63, 3.8) is 0 Å². The third kappa shape index (κ3) is 5.92. The summed E-state index contributed by atoms with van der Waals surface area (Å²) >= 11 is 0. The van der Waals surface area contributed by atoms with Crippen molar-refractivity contribution in [3.05, 3.63) is 64.8 Å². The van der Waals surface area contributed by atoms with Crippen LogP contribution in [0.1, 0.15) is 61.9 Å². The highest BCUT2D eigenvalue weighted by Gasteiger charge is 2.17. The number of unbranched alkanes of at least 4 members (excludes halogenated alkanes) is 2. The Morgan fingerprint density at radius 2 is 1.77 bits per heavy atom. The zero-order chi connectivity index (χ0) is 22.4. The number of amides is 1. The maximum atomic E-state index is 10.9. The van der Waals surface area contributed by atoms with Crippen molar-refractivity contribution in [1.82, 2.24) is 4.98 Å². The summed E-state index contributed by atoms with van der Waals surface area (Å²) in [6, 6.07) is 15.3. The van der Waals surface area contributed by atoms with E-state index in [1.54, 1.807) is 0 Å². The smallest absolute Gasteiger partial charge is 0.217 e. The standard InChI is InChI=1S/C27H35N3O/c1-18(2)15-25-23(17-28)27(21-12-9-19(3)10-13-21)22-16-20(11-14-24(22)30-25)7-5-4-6-8-26(29)31/h9-14,16,18H,4-8,15,17,28H2,1-3H3,(H2,29,31). The van der Waals surface area contributed by atoms with E-state index in [-0.39, 0.29) is 5.91 Å². The molecule has 0 saturated carbocycles. The summed E-state index contributed by atoms with van der Waals surface area (Å²) < 4.78 is 0. The van der Waals surface area contributed by atoms with Crippen LogP contribution in [0.2, 0.25) is 0 Å². The number of hydrogen-bond acceptors (Lipinski definition) is 3. The molecule has 4 nitrogen and oxygen atoms in total. The summed E-state index contributed by atoms with van der Waals surface area (Å²) in [7, 11) is 0. The Hall–Kier alpha value is -2.72. The Kier molecular flexibility index (Phi) is 7.80. The molecule has 31 heavy (non-hydrogen) atoms. The summed E-state index contributed by atoms with van der Waals surface area (Å²) in [5.41, 5.74) is 19.8. The Balaban J connectivity index is 2.03. The summed E-state index contributed by atoms with van der Waals surface area (Å²) in [4.78, 5) is 16.0. The van der Waals surface area contributed by atoms with Crippen molar-refractivity contribution in [2.45, 2.75) is 65.8 Å². The van der Waals surface area contributed by atoms with Gasteiger partial charge in [-0.2, -0.15) is 0 Å². The quantitative estimate of drug-likeness (QED) is 0.430. The third-order valence-corrected chi connectivity index (χ3v) is 5.77. The first kappa shape index (κ1) is 23.0. The summed E-state index contributed by atoms with van der Waals surface area (Å²) in [5, 5.41) is 1.17. The van der Waals surface area contributed by atoms with Crippen LogP contribution < -0.4 is 11.5 Å². The number of rotatable bonds is 10. The molecule has 0 saturated heterocycles. The summed E-state index contributed by atoms with van der Waals surface area (Å²) in [5.74, 6) is 0.298. The lowest BCUT2D eigenvalue weighted by Gasteiger charge is -2.18. The number of carbonyl (C=O) groups is 1. The van der Waals surface area contributed by atoms with Crippen LogP contribution >= 0.6 is 0 Å².